The number of phenols is 1. The fourth-order valence-electron chi connectivity index (χ4n) is 2.86. The summed E-state index contributed by atoms with van der Waals surface area (Å²) >= 11 is 0. The summed E-state index contributed by atoms with van der Waals surface area (Å²) in [4.78, 5) is 21.7. The zero-order chi connectivity index (χ0) is 23.8. The van der Waals surface area contributed by atoms with Crippen LogP contribution in [0.2, 0.25) is 0 Å². The number of aromatic hydroxyl groups is 1. The van der Waals surface area contributed by atoms with Crippen LogP contribution in [0.5, 0.6) is 5.75 Å². The molecule has 5 N–H and O–H groups in total. The van der Waals surface area contributed by atoms with Gasteiger partial charge in [0.05, 0.1) is 4.90 Å². The van der Waals surface area contributed by atoms with Crippen molar-refractivity contribution in [3.8, 4) is 5.75 Å². The van der Waals surface area contributed by atoms with Crippen LogP contribution < -0.4 is 15.8 Å². The van der Waals surface area contributed by atoms with Crippen molar-refractivity contribution in [2.24, 2.45) is 5.73 Å². The Kier molecular flexibility index (Phi) is 7.59. The summed E-state index contributed by atoms with van der Waals surface area (Å²) in [6.45, 7) is 4.21. The number of hydrogen-bond acceptors (Lipinski definition) is 8. The fraction of sp³-hybridized carbons (Fsp3) is 0.136. The standard InChI is InChI=1S/C22H24N6O4S/c1-2-28(21(30)16-4-8-19(29)9-5-16)15-17(23)14-26-18-6-10-20(11-7-18)33(31,32)27-22-24-12-3-13-25-22/h2-13,17,26,29H,1,14-15,23H2,(H,24,25,27). The molecule has 0 radical (unpaired) electrons. The molecule has 0 aliphatic rings. The Morgan fingerprint density at radius 3 is 2.36 bits per heavy atom. The summed E-state index contributed by atoms with van der Waals surface area (Å²) < 4.78 is 27.2. The van der Waals surface area contributed by atoms with Crippen molar-refractivity contribution < 1.29 is 18.3 Å². The number of anilines is 2. The van der Waals surface area contributed by atoms with Crippen molar-refractivity contribution in [2.45, 2.75) is 10.9 Å². The van der Waals surface area contributed by atoms with Crippen LogP contribution in [0.1, 0.15) is 10.4 Å². The van der Waals surface area contributed by atoms with E-state index in [1.807, 2.05) is 0 Å². The van der Waals surface area contributed by atoms with Gasteiger partial charge in [-0.1, -0.05) is 6.58 Å². The summed E-state index contributed by atoms with van der Waals surface area (Å²) in [7, 11) is -3.82. The van der Waals surface area contributed by atoms with Crippen LogP contribution in [-0.2, 0) is 10.0 Å². The van der Waals surface area contributed by atoms with Crippen molar-refractivity contribution >= 4 is 27.6 Å². The van der Waals surface area contributed by atoms with Gasteiger partial charge in [0.25, 0.3) is 15.9 Å². The molecular weight excluding hydrogens is 444 g/mol. The van der Waals surface area contributed by atoms with Gasteiger partial charge in [0.2, 0.25) is 5.95 Å². The number of sulfonamides is 1. The molecule has 0 aliphatic carbocycles. The molecule has 0 saturated carbocycles. The van der Waals surface area contributed by atoms with Crippen LogP contribution in [0.3, 0.4) is 0 Å². The van der Waals surface area contributed by atoms with Gasteiger partial charge in [-0.15, -0.1) is 0 Å². The van der Waals surface area contributed by atoms with Gasteiger partial charge in [-0.05, 0) is 60.8 Å². The van der Waals surface area contributed by atoms with Gasteiger partial charge in [0.1, 0.15) is 5.75 Å². The van der Waals surface area contributed by atoms with E-state index in [1.54, 1.807) is 18.2 Å². The number of carbonyl (C=O) groups excluding carboxylic acids is 1. The van der Waals surface area contributed by atoms with E-state index in [-0.39, 0.29) is 29.0 Å². The lowest BCUT2D eigenvalue weighted by molar-refractivity contribution is 0.0816. The Hall–Kier alpha value is -3.96. The van der Waals surface area contributed by atoms with E-state index < -0.39 is 16.1 Å². The van der Waals surface area contributed by atoms with Crippen LogP contribution in [0.4, 0.5) is 11.6 Å². The number of rotatable bonds is 10. The predicted octanol–water partition coefficient (Wildman–Crippen LogP) is 2.01. The molecule has 172 valence electrons. The lowest BCUT2D eigenvalue weighted by Crippen LogP contribution is -2.42. The average Bonchev–Trinajstić information content (AvgIpc) is 2.82. The molecule has 33 heavy (non-hydrogen) atoms. The summed E-state index contributed by atoms with van der Waals surface area (Å²) in [6.07, 6.45) is 4.28. The number of benzene rings is 2. The summed E-state index contributed by atoms with van der Waals surface area (Å²) in [5, 5.41) is 12.5. The van der Waals surface area contributed by atoms with Crippen molar-refractivity contribution in [3.63, 3.8) is 0 Å². The minimum Gasteiger partial charge on any atom is -0.508 e. The van der Waals surface area contributed by atoms with Crippen molar-refractivity contribution in [2.75, 3.05) is 23.1 Å². The smallest absolute Gasteiger partial charge is 0.264 e. The minimum absolute atomic E-state index is 0.0145. The van der Waals surface area contributed by atoms with Crippen molar-refractivity contribution in [3.05, 3.63) is 85.3 Å². The molecular formula is C22H24N6O4S. The molecule has 0 aliphatic heterocycles. The van der Waals surface area contributed by atoms with Crippen LogP contribution in [-0.4, -0.2) is 53.4 Å². The zero-order valence-corrected chi connectivity index (χ0v) is 18.4. The van der Waals surface area contributed by atoms with Crippen molar-refractivity contribution in [1.82, 2.24) is 14.9 Å². The Morgan fingerprint density at radius 2 is 1.76 bits per heavy atom. The first-order chi connectivity index (χ1) is 15.8. The van der Waals surface area contributed by atoms with E-state index in [2.05, 4.69) is 26.6 Å². The fourth-order valence-corrected chi connectivity index (χ4v) is 3.82. The molecule has 1 heterocycles. The number of nitrogens with zero attached hydrogens (tertiary/aromatic N) is 3. The SMILES string of the molecule is C=CN(CC(N)CNc1ccc(S(=O)(=O)Nc2ncccn2)cc1)C(=O)c1ccc(O)cc1. The number of hydrogen-bond donors (Lipinski definition) is 4. The first kappa shape index (κ1) is 23.7. The predicted molar refractivity (Wildman–Crippen MR) is 125 cm³/mol. The van der Waals surface area contributed by atoms with Gasteiger partial charge in [-0.2, -0.15) is 0 Å². The van der Waals surface area contributed by atoms with Gasteiger partial charge in [0, 0.05) is 42.8 Å². The first-order valence-corrected chi connectivity index (χ1v) is 11.4. The third-order valence-electron chi connectivity index (χ3n) is 4.55. The molecule has 0 fully saturated rings. The maximum atomic E-state index is 12.6. The van der Waals surface area contributed by atoms with Gasteiger partial charge < -0.3 is 21.1 Å². The van der Waals surface area contributed by atoms with E-state index in [0.717, 1.165) is 0 Å². The lowest BCUT2D eigenvalue weighted by atomic mass is 10.1. The number of nitrogens with one attached hydrogen (secondary N) is 2. The van der Waals surface area contributed by atoms with E-state index in [0.29, 0.717) is 17.8 Å². The molecule has 2 aromatic carbocycles. The van der Waals surface area contributed by atoms with Crippen LogP contribution >= 0.6 is 0 Å². The average molecular weight is 469 g/mol. The summed E-state index contributed by atoms with van der Waals surface area (Å²) in [6, 6.07) is 13.2. The molecule has 0 spiro atoms. The number of aromatic nitrogens is 2. The normalized spacial score (nSPS) is 11.9. The van der Waals surface area contributed by atoms with Gasteiger partial charge in [-0.3, -0.25) is 4.79 Å². The van der Waals surface area contributed by atoms with Gasteiger partial charge >= 0.3 is 0 Å². The van der Waals surface area contributed by atoms with E-state index in [9.17, 15) is 18.3 Å². The Morgan fingerprint density at radius 1 is 1.12 bits per heavy atom. The highest BCUT2D eigenvalue weighted by Crippen LogP contribution is 2.17. The molecule has 0 saturated heterocycles. The quantitative estimate of drug-likeness (QED) is 0.353. The molecule has 10 nitrogen and oxygen atoms in total. The van der Waals surface area contributed by atoms with Crippen LogP contribution in [0, 0.1) is 0 Å². The van der Waals surface area contributed by atoms with E-state index in [4.69, 9.17) is 5.73 Å². The van der Waals surface area contributed by atoms with E-state index in [1.165, 1.54) is 59.9 Å². The van der Waals surface area contributed by atoms with Gasteiger partial charge in [0.15, 0.2) is 0 Å². The second kappa shape index (κ2) is 10.6. The molecule has 1 atom stereocenters. The highest BCUT2D eigenvalue weighted by Gasteiger charge is 2.17. The second-order valence-corrected chi connectivity index (χ2v) is 8.71. The lowest BCUT2D eigenvalue weighted by Gasteiger charge is -2.23. The Labute approximate surface area is 191 Å². The zero-order valence-electron chi connectivity index (χ0n) is 17.6. The third-order valence-corrected chi connectivity index (χ3v) is 5.90. The molecule has 1 aromatic heterocycles. The number of carbonyl (C=O) groups is 1. The van der Waals surface area contributed by atoms with Crippen molar-refractivity contribution in [1.29, 1.82) is 0 Å². The first-order valence-electron chi connectivity index (χ1n) is 9.90. The number of nitrogens with two attached hydrogens (primary N) is 1. The Bertz CT molecular complexity index is 1190. The Balaban J connectivity index is 1.55. The molecule has 3 aromatic rings. The topological polar surface area (TPSA) is 151 Å². The maximum Gasteiger partial charge on any atom is 0.264 e. The number of amides is 1. The largest absolute Gasteiger partial charge is 0.508 e. The molecule has 1 amide bonds. The highest BCUT2D eigenvalue weighted by molar-refractivity contribution is 7.92. The monoisotopic (exact) mass is 468 g/mol. The minimum atomic E-state index is -3.82. The molecule has 11 heteroatoms. The summed E-state index contributed by atoms with van der Waals surface area (Å²) in [5.41, 5.74) is 7.22. The van der Waals surface area contributed by atoms with Crippen LogP contribution in [0.25, 0.3) is 0 Å². The van der Waals surface area contributed by atoms with Crippen LogP contribution in [0.15, 0.2) is 84.7 Å². The maximum absolute atomic E-state index is 12.6. The highest BCUT2D eigenvalue weighted by atomic mass is 32.2. The molecule has 3 rings (SSSR count). The summed E-state index contributed by atoms with van der Waals surface area (Å²) in [5.74, 6) is -0.232. The van der Waals surface area contributed by atoms with E-state index >= 15 is 0 Å². The third kappa shape index (κ3) is 6.51. The molecule has 0 bridgehead atoms. The second-order valence-electron chi connectivity index (χ2n) is 7.03. The number of phenolic OH excluding ortho intramolecular Hbond substituents is 1. The van der Waals surface area contributed by atoms with Gasteiger partial charge in [-0.25, -0.2) is 23.1 Å². The molecule has 1 unspecified atom stereocenters.